The average Bonchev–Trinajstić information content (AvgIpc) is 2.98. The summed E-state index contributed by atoms with van der Waals surface area (Å²) in [6.45, 7) is 2.38. The maximum absolute atomic E-state index is 11.8. The van der Waals surface area contributed by atoms with Crippen molar-refractivity contribution in [2.24, 2.45) is 0 Å². The van der Waals surface area contributed by atoms with Crippen LogP contribution >= 0.6 is 11.3 Å². The molecule has 0 amide bonds. The largest absolute Gasteiger partial charge is 0.478 e. The van der Waals surface area contributed by atoms with Gasteiger partial charge in [-0.3, -0.25) is 0 Å². The number of hydrogen-bond donors (Lipinski definition) is 2. The van der Waals surface area contributed by atoms with Gasteiger partial charge >= 0.3 is 11.9 Å². The SMILES string of the molecule is CCOC(=O)c1cccc(NCc2cccs2)c1C(=O)O. The minimum Gasteiger partial charge on any atom is -0.478 e. The second kappa shape index (κ2) is 6.90. The van der Waals surface area contributed by atoms with E-state index in [-0.39, 0.29) is 17.7 Å². The van der Waals surface area contributed by atoms with Crippen molar-refractivity contribution in [2.75, 3.05) is 11.9 Å². The number of ether oxygens (including phenoxy) is 1. The van der Waals surface area contributed by atoms with Gasteiger partial charge in [-0.25, -0.2) is 9.59 Å². The molecular formula is C15H15NO4S. The maximum atomic E-state index is 11.8. The number of aromatic carboxylic acids is 1. The van der Waals surface area contributed by atoms with Crippen molar-refractivity contribution in [2.45, 2.75) is 13.5 Å². The number of anilines is 1. The van der Waals surface area contributed by atoms with Gasteiger partial charge in [0.15, 0.2) is 0 Å². The molecule has 0 bridgehead atoms. The second-order valence-electron chi connectivity index (χ2n) is 4.19. The lowest BCUT2D eigenvalue weighted by Gasteiger charge is -2.12. The van der Waals surface area contributed by atoms with Crippen LogP contribution in [0.5, 0.6) is 0 Å². The molecule has 0 fully saturated rings. The zero-order valence-corrected chi connectivity index (χ0v) is 12.3. The minimum absolute atomic E-state index is 0.0560. The third-order valence-electron chi connectivity index (χ3n) is 2.81. The van der Waals surface area contributed by atoms with Crippen molar-refractivity contribution in [3.8, 4) is 0 Å². The lowest BCUT2D eigenvalue weighted by molar-refractivity contribution is 0.0515. The summed E-state index contributed by atoms with van der Waals surface area (Å²) in [5.74, 6) is -1.79. The Morgan fingerprint density at radius 3 is 2.71 bits per heavy atom. The smallest absolute Gasteiger partial charge is 0.339 e. The third-order valence-corrected chi connectivity index (χ3v) is 3.68. The molecule has 2 rings (SSSR count). The minimum atomic E-state index is -1.16. The highest BCUT2D eigenvalue weighted by Gasteiger charge is 2.21. The summed E-state index contributed by atoms with van der Waals surface area (Å²) in [6.07, 6.45) is 0. The van der Waals surface area contributed by atoms with Gasteiger partial charge in [-0.05, 0) is 30.5 Å². The van der Waals surface area contributed by atoms with E-state index in [2.05, 4.69) is 5.32 Å². The van der Waals surface area contributed by atoms with Crippen molar-refractivity contribution in [3.05, 3.63) is 51.7 Å². The number of hydrogen-bond acceptors (Lipinski definition) is 5. The highest BCUT2D eigenvalue weighted by atomic mass is 32.1. The number of rotatable bonds is 6. The molecule has 2 aromatic rings. The predicted molar refractivity (Wildman–Crippen MR) is 81.0 cm³/mol. The van der Waals surface area contributed by atoms with Crippen molar-refractivity contribution < 1.29 is 19.4 Å². The van der Waals surface area contributed by atoms with E-state index in [1.807, 2.05) is 17.5 Å². The average molecular weight is 305 g/mol. The molecule has 0 atom stereocenters. The number of carbonyl (C=O) groups excluding carboxylic acids is 1. The van der Waals surface area contributed by atoms with Crippen LogP contribution in [0.25, 0.3) is 0 Å². The van der Waals surface area contributed by atoms with Crippen LogP contribution in [0.15, 0.2) is 35.7 Å². The molecular weight excluding hydrogens is 290 g/mol. The number of nitrogens with one attached hydrogen (secondary N) is 1. The molecule has 0 spiro atoms. The van der Waals surface area contributed by atoms with Crippen LogP contribution in [-0.4, -0.2) is 23.7 Å². The van der Waals surface area contributed by atoms with Gasteiger partial charge in [0.05, 0.1) is 17.7 Å². The van der Waals surface area contributed by atoms with E-state index in [4.69, 9.17) is 4.74 Å². The number of thiophene rings is 1. The van der Waals surface area contributed by atoms with Gasteiger partial charge in [-0.1, -0.05) is 12.1 Å². The molecule has 0 radical (unpaired) electrons. The fraction of sp³-hybridized carbons (Fsp3) is 0.200. The highest BCUT2D eigenvalue weighted by molar-refractivity contribution is 7.09. The molecule has 2 N–H and O–H groups in total. The van der Waals surface area contributed by atoms with Crippen LogP contribution in [0.1, 0.15) is 32.5 Å². The number of carboxylic acid groups (broad SMARTS) is 1. The van der Waals surface area contributed by atoms with E-state index in [1.54, 1.807) is 30.4 Å². The predicted octanol–water partition coefficient (Wildman–Crippen LogP) is 3.24. The van der Waals surface area contributed by atoms with Gasteiger partial charge in [0.1, 0.15) is 0 Å². The quantitative estimate of drug-likeness (QED) is 0.801. The standard InChI is InChI=1S/C15H15NO4S/c1-2-20-15(19)11-6-3-7-12(13(11)14(17)18)16-9-10-5-4-8-21-10/h3-8,16H,2,9H2,1H3,(H,17,18). The van der Waals surface area contributed by atoms with Gasteiger partial charge < -0.3 is 15.2 Å². The van der Waals surface area contributed by atoms with Gasteiger partial charge in [-0.15, -0.1) is 11.3 Å². The van der Waals surface area contributed by atoms with Crippen LogP contribution in [0, 0.1) is 0 Å². The molecule has 5 nitrogen and oxygen atoms in total. The molecule has 21 heavy (non-hydrogen) atoms. The van der Waals surface area contributed by atoms with E-state index in [1.165, 1.54) is 6.07 Å². The maximum Gasteiger partial charge on any atom is 0.339 e. The Labute approximate surface area is 126 Å². The molecule has 0 aliphatic carbocycles. The molecule has 6 heteroatoms. The Morgan fingerprint density at radius 2 is 2.10 bits per heavy atom. The fourth-order valence-corrected chi connectivity index (χ4v) is 2.55. The zero-order chi connectivity index (χ0) is 15.2. The number of carbonyl (C=O) groups is 2. The summed E-state index contributed by atoms with van der Waals surface area (Å²) in [4.78, 5) is 24.4. The van der Waals surface area contributed by atoms with Crippen molar-refractivity contribution in [3.63, 3.8) is 0 Å². The molecule has 1 heterocycles. The van der Waals surface area contributed by atoms with Gasteiger partial charge in [0.25, 0.3) is 0 Å². The van der Waals surface area contributed by atoms with Crippen LogP contribution in [0.4, 0.5) is 5.69 Å². The molecule has 110 valence electrons. The zero-order valence-electron chi connectivity index (χ0n) is 11.5. The Kier molecular flexibility index (Phi) is 4.94. The second-order valence-corrected chi connectivity index (χ2v) is 5.22. The Bertz CT molecular complexity index is 637. The summed E-state index contributed by atoms with van der Waals surface area (Å²) in [6, 6.07) is 8.61. The van der Waals surface area contributed by atoms with E-state index < -0.39 is 11.9 Å². The summed E-state index contributed by atoms with van der Waals surface area (Å²) >= 11 is 1.57. The van der Waals surface area contributed by atoms with Crippen molar-refractivity contribution in [1.29, 1.82) is 0 Å². The van der Waals surface area contributed by atoms with Crippen LogP contribution in [0.3, 0.4) is 0 Å². The first-order chi connectivity index (χ1) is 10.1. The monoisotopic (exact) mass is 305 g/mol. The summed E-state index contributed by atoms with van der Waals surface area (Å²) in [5.41, 5.74) is 0.398. The number of carboxylic acids is 1. The van der Waals surface area contributed by atoms with Gasteiger partial charge in [0, 0.05) is 17.1 Å². The summed E-state index contributed by atoms with van der Waals surface area (Å²) in [7, 11) is 0. The van der Waals surface area contributed by atoms with E-state index in [9.17, 15) is 14.7 Å². The first-order valence-electron chi connectivity index (χ1n) is 6.43. The first-order valence-corrected chi connectivity index (χ1v) is 7.31. The van der Waals surface area contributed by atoms with Crippen LogP contribution in [-0.2, 0) is 11.3 Å². The molecule has 0 saturated heterocycles. The van der Waals surface area contributed by atoms with E-state index in [0.29, 0.717) is 12.2 Å². The van der Waals surface area contributed by atoms with Crippen LogP contribution < -0.4 is 5.32 Å². The Balaban J connectivity index is 2.29. The molecule has 0 aliphatic rings. The topological polar surface area (TPSA) is 75.6 Å². The van der Waals surface area contributed by atoms with Crippen LogP contribution in [0.2, 0.25) is 0 Å². The Hall–Kier alpha value is -2.34. The molecule has 0 aliphatic heterocycles. The normalized spacial score (nSPS) is 10.1. The molecule has 0 saturated carbocycles. The summed E-state index contributed by atoms with van der Waals surface area (Å²) in [5, 5.41) is 14.4. The van der Waals surface area contributed by atoms with Crippen molar-refractivity contribution >= 4 is 29.0 Å². The van der Waals surface area contributed by atoms with Gasteiger partial charge in [-0.2, -0.15) is 0 Å². The molecule has 1 aromatic carbocycles. The highest BCUT2D eigenvalue weighted by Crippen LogP contribution is 2.22. The third kappa shape index (κ3) is 3.61. The summed E-state index contributed by atoms with van der Waals surface area (Å²) < 4.78 is 4.90. The first kappa shape index (κ1) is 15.1. The lowest BCUT2D eigenvalue weighted by atomic mass is 10.1. The Morgan fingerprint density at radius 1 is 1.29 bits per heavy atom. The molecule has 1 aromatic heterocycles. The fourth-order valence-electron chi connectivity index (χ4n) is 1.90. The van der Waals surface area contributed by atoms with Gasteiger partial charge in [0.2, 0.25) is 0 Å². The number of esters is 1. The van der Waals surface area contributed by atoms with E-state index >= 15 is 0 Å². The van der Waals surface area contributed by atoms with E-state index in [0.717, 1.165) is 4.88 Å². The molecule has 0 unspecified atom stereocenters. The number of benzene rings is 1. The lowest BCUT2D eigenvalue weighted by Crippen LogP contribution is -2.14. The van der Waals surface area contributed by atoms with Crippen molar-refractivity contribution in [1.82, 2.24) is 0 Å².